The highest BCUT2D eigenvalue weighted by Crippen LogP contribution is 2.38. The lowest BCUT2D eigenvalue weighted by Crippen LogP contribution is -2.22. The standard InChI is InChI=1S/C27H48O5/c1-4-5-6-9-12-15-22(28)18-19-24-23(25(29)20-26(24)30)16-13-10-7-8-11-14-17-27(31)32-21(2)3/h10,13,21,23-26,29-30H,4-9,11-12,14-20H2,1-3H3/b13-10+. The van der Waals surface area contributed by atoms with Crippen LogP contribution < -0.4 is 0 Å². The number of ketones is 1. The molecule has 0 aromatic carbocycles. The Morgan fingerprint density at radius 1 is 0.875 bits per heavy atom. The molecule has 2 N–H and O–H groups in total. The van der Waals surface area contributed by atoms with Crippen molar-refractivity contribution in [2.24, 2.45) is 11.8 Å². The lowest BCUT2D eigenvalue weighted by atomic mass is 9.86. The Morgan fingerprint density at radius 3 is 2.25 bits per heavy atom. The van der Waals surface area contributed by atoms with E-state index in [9.17, 15) is 19.8 Å². The second-order valence-corrected chi connectivity index (χ2v) is 9.78. The molecule has 4 atom stereocenters. The molecule has 4 unspecified atom stereocenters. The van der Waals surface area contributed by atoms with Crippen molar-refractivity contribution in [1.82, 2.24) is 0 Å². The first-order valence-corrected chi connectivity index (χ1v) is 13.1. The largest absolute Gasteiger partial charge is 0.463 e. The number of carbonyl (C=O) groups excluding carboxylic acids is 2. The molecular formula is C27H48O5. The summed E-state index contributed by atoms with van der Waals surface area (Å²) in [5.41, 5.74) is 0. The number of allylic oxidation sites excluding steroid dienone is 2. The van der Waals surface area contributed by atoms with E-state index in [1.54, 1.807) is 0 Å². The molecule has 0 spiro atoms. The summed E-state index contributed by atoms with van der Waals surface area (Å²) < 4.78 is 5.13. The topological polar surface area (TPSA) is 83.8 Å². The second-order valence-electron chi connectivity index (χ2n) is 9.78. The summed E-state index contributed by atoms with van der Waals surface area (Å²) >= 11 is 0. The van der Waals surface area contributed by atoms with Crippen LogP contribution in [0.2, 0.25) is 0 Å². The van der Waals surface area contributed by atoms with Crippen LogP contribution in [-0.2, 0) is 14.3 Å². The molecule has 32 heavy (non-hydrogen) atoms. The zero-order chi connectivity index (χ0) is 23.8. The van der Waals surface area contributed by atoms with E-state index in [1.165, 1.54) is 19.3 Å². The Balaban J connectivity index is 2.24. The van der Waals surface area contributed by atoms with Crippen LogP contribution in [0.25, 0.3) is 0 Å². The number of unbranched alkanes of at least 4 members (excludes halogenated alkanes) is 7. The van der Waals surface area contributed by atoms with E-state index in [0.717, 1.165) is 44.9 Å². The molecule has 0 heterocycles. The van der Waals surface area contributed by atoms with Crippen molar-refractivity contribution in [3.63, 3.8) is 0 Å². The fourth-order valence-electron chi connectivity index (χ4n) is 4.69. The predicted octanol–water partition coefficient (Wildman–Crippen LogP) is 5.90. The van der Waals surface area contributed by atoms with Gasteiger partial charge < -0.3 is 14.9 Å². The van der Waals surface area contributed by atoms with Gasteiger partial charge in [-0.15, -0.1) is 0 Å². The summed E-state index contributed by atoms with van der Waals surface area (Å²) in [7, 11) is 0. The second kappa shape index (κ2) is 17.3. The molecule has 1 fully saturated rings. The van der Waals surface area contributed by atoms with E-state index >= 15 is 0 Å². The highest BCUT2D eigenvalue weighted by atomic mass is 16.5. The van der Waals surface area contributed by atoms with Gasteiger partial charge in [-0.25, -0.2) is 0 Å². The Kier molecular flexibility index (Phi) is 15.6. The minimum Gasteiger partial charge on any atom is -0.463 e. The highest BCUT2D eigenvalue weighted by Gasteiger charge is 2.40. The summed E-state index contributed by atoms with van der Waals surface area (Å²) in [6.45, 7) is 5.91. The van der Waals surface area contributed by atoms with Gasteiger partial charge in [0.25, 0.3) is 0 Å². The first-order chi connectivity index (χ1) is 15.3. The number of esters is 1. The van der Waals surface area contributed by atoms with E-state index in [2.05, 4.69) is 19.1 Å². The monoisotopic (exact) mass is 452 g/mol. The van der Waals surface area contributed by atoms with Crippen molar-refractivity contribution < 1.29 is 24.5 Å². The number of aliphatic hydroxyl groups excluding tert-OH is 2. The molecule has 1 aliphatic carbocycles. The molecule has 0 aliphatic heterocycles. The zero-order valence-electron chi connectivity index (χ0n) is 20.8. The van der Waals surface area contributed by atoms with E-state index in [-0.39, 0.29) is 23.9 Å². The summed E-state index contributed by atoms with van der Waals surface area (Å²) in [6.07, 6.45) is 16.3. The number of Topliss-reactive ketones (excluding diaryl/α,β-unsaturated/α-hetero) is 1. The molecule has 5 nitrogen and oxygen atoms in total. The van der Waals surface area contributed by atoms with Gasteiger partial charge in [-0.2, -0.15) is 0 Å². The van der Waals surface area contributed by atoms with Gasteiger partial charge in [0.15, 0.2) is 0 Å². The number of carbonyl (C=O) groups is 2. The molecule has 186 valence electrons. The quantitative estimate of drug-likeness (QED) is 0.154. The maximum absolute atomic E-state index is 12.2. The van der Waals surface area contributed by atoms with Gasteiger partial charge in [0.05, 0.1) is 18.3 Å². The molecule has 0 bridgehead atoms. The molecule has 1 rings (SSSR count). The van der Waals surface area contributed by atoms with Gasteiger partial charge in [-0.3, -0.25) is 9.59 Å². The molecule has 0 radical (unpaired) electrons. The maximum Gasteiger partial charge on any atom is 0.306 e. The van der Waals surface area contributed by atoms with E-state index in [1.807, 2.05) is 13.8 Å². The molecule has 5 heteroatoms. The van der Waals surface area contributed by atoms with E-state index < -0.39 is 12.2 Å². The minimum absolute atomic E-state index is 0.00524. The minimum atomic E-state index is -0.508. The fraction of sp³-hybridized carbons (Fsp3) is 0.852. The van der Waals surface area contributed by atoms with Gasteiger partial charge in [0, 0.05) is 19.3 Å². The highest BCUT2D eigenvalue weighted by molar-refractivity contribution is 5.78. The normalized spacial score (nSPS) is 23.3. The van der Waals surface area contributed by atoms with Gasteiger partial charge in [-0.05, 0) is 70.6 Å². The summed E-state index contributed by atoms with van der Waals surface area (Å²) in [5.74, 6) is 0.210. The van der Waals surface area contributed by atoms with Crippen molar-refractivity contribution in [3.05, 3.63) is 12.2 Å². The van der Waals surface area contributed by atoms with Crippen LogP contribution in [0.1, 0.15) is 117 Å². The van der Waals surface area contributed by atoms with Gasteiger partial charge in [-0.1, -0.05) is 51.2 Å². The van der Waals surface area contributed by atoms with Crippen LogP contribution in [0.3, 0.4) is 0 Å². The Bertz CT molecular complexity index is 542. The van der Waals surface area contributed by atoms with Crippen LogP contribution in [-0.4, -0.2) is 40.3 Å². The average Bonchev–Trinajstić information content (AvgIpc) is 3.00. The van der Waals surface area contributed by atoms with Crippen molar-refractivity contribution in [2.45, 2.75) is 135 Å². The third kappa shape index (κ3) is 12.7. The molecule has 0 aromatic heterocycles. The smallest absolute Gasteiger partial charge is 0.306 e. The van der Waals surface area contributed by atoms with E-state index in [0.29, 0.717) is 37.9 Å². The van der Waals surface area contributed by atoms with Gasteiger partial charge in [0.1, 0.15) is 5.78 Å². The van der Waals surface area contributed by atoms with Crippen LogP contribution in [0, 0.1) is 11.8 Å². The van der Waals surface area contributed by atoms with Crippen LogP contribution in [0.4, 0.5) is 0 Å². The fourth-order valence-corrected chi connectivity index (χ4v) is 4.69. The van der Waals surface area contributed by atoms with Crippen LogP contribution in [0.15, 0.2) is 12.2 Å². The number of rotatable bonds is 18. The van der Waals surface area contributed by atoms with Crippen LogP contribution >= 0.6 is 0 Å². The molecule has 0 amide bonds. The first-order valence-electron chi connectivity index (χ1n) is 13.1. The lowest BCUT2D eigenvalue weighted by Gasteiger charge is -2.22. The van der Waals surface area contributed by atoms with Crippen molar-refractivity contribution in [3.8, 4) is 0 Å². The summed E-state index contributed by atoms with van der Waals surface area (Å²) in [4.78, 5) is 23.7. The molecule has 0 aromatic rings. The van der Waals surface area contributed by atoms with Gasteiger partial charge >= 0.3 is 5.97 Å². The Morgan fingerprint density at radius 2 is 1.53 bits per heavy atom. The van der Waals surface area contributed by atoms with Crippen molar-refractivity contribution >= 4 is 11.8 Å². The molecular weight excluding hydrogens is 404 g/mol. The predicted molar refractivity (Wildman–Crippen MR) is 129 cm³/mol. The van der Waals surface area contributed by atoms with E-state index in [4.69, 9.17) is 4.74 Å². The number of ether oxygens (including phenoxy) is 1. The maximum atomic E-state index is 12.2. The Labute approximate surface area is 196 Å². The summed E-state index contributed by atoms with van der Waals surface area (Å²) in [5, 5.41) is 20.8. The number of hydrogen-bond donors (Lipinski definition) is 2. The lowest BCUT2D eigenvalue weighted by molar-refractivity contribution is -0.147. The zero-order valence-corrected chi connectivity index (χ0v) is 20.8. The third-order valence-corrected chi connectivity index (χ3v) is 6.53. The molecule has 0 saturated heterocycles. The Hall–Kier alpha value is -1.20. The van der Waals surface area contributed by atoms with Crippen LogP contribution in [0.5, 0.6) is 0 Å². The molecule has 1 saturated carbocycles. The third-order valence-electron chi connectivity index (χ3n) is 6.53. The van der Waals surface area contributed by atoms with Crippen molar-refractivity contribution in [2.75, 3.05) is 0 Å². The average molecular weight is 453 g/mol. The van der Waals surface area contributed by atoms with Gasteiger partial charge in [0.2, 0.25) is 0 Å². The number of hydrogen-bond acceptors (Lipinski definition) is 5. The van der Waals surface area contributed by atoms with Crippen molar-refractivity contribution in [1.29, 1.82) is 0 Å². The molecule has 1 aliphatic rings. The summed E-state index contributed by atoms with van der Waals surface area (Å²) in [6, 6.07) is 0. The SMILES string of the molecule is CCCCCCCC(=O)CCC1C(O)CC(O)C1C/C=C/CCCCCC(=O)OC(C)C. The first kappa shape index (κ1) is 28.8. The number of aliphatic hydroxyl groups is 2.